The van der Waals surface area contributed by atoms with Gasteiger partial charge in [0.05, 0.1) is 18.3 Å². The summed E-state index contributed by atoms with van der Waals surface area (Å²) in [6.45, 7) is 4.20. The molecule has 0 aliphatic heterocycles. The Bertz CT molecular complexity index is 547. The number of hydrogen-bond donors (Lipinski definition) is 1. The van der Waals surface area contributed by atoms with Crippen molar-refractivity contribution in [1.29, 1.82) is 0 Å². The Morgan fingerprint density at radius 1 is 1.50 bits per heavy atom. The Hall–Kier alpha value is -0.910. The molecule has 1 unspecified atom stereocenters. The van der Waals surface area contributed by atoms with E-state index in [-0.39, 0.29) is 0 Å². The van der Waals surface area contributed by atoms with E-state index in [1.165, 1.54) is 39.8 Å². The summed E-state index contributed by atoms with van der Waals surface area (Å²) < 4.78 is 0. The lowest BCUT2D eigenvalue weighted by Crippen LogP contribution is -2.23. The van der Waals surface area contributed by atoms with Crippen LogP contribution in [0.25, 0.3) is 0 Å². The molecule has 108 valence electrons. The zero-order valence-corrected chi connectivity index (χ0v) is 13.7. The molecule has 2 heterocycles. The number of fused-ring (bicyclic) bond motifs is 1. The van der Waals surface area contributed by atoms with Gasteiger partial charge in [-0.25, -0.2) is 4.98 Å². The second-order valence-electron chi connectivity index (χ2n) is 5.13. The third-order valence-corrected chi connectivity index (χ3v) is 5.92. The van der Waals surface area contributed by atoms with Gasteiger partial charge in [0.15, 0.2) is 5.13 Å². The number of nitrogens with one attached hydrogen (secondary N) is 1. The Labute approximate surface area is 128 Å². The van der Waals surface area contributed by atoms with Crippen LogP contribution in [0, 0.1) is 0 Å². The molecule has 0 bridgehead atoms. The van der Waals surface area contributed by atoms with Gasteiger partial charge in [-0.3, -0.25) is 0 Å². The highest BCUT2D eigenvalue weighted by atomic mass is 32.1. The van der Waals surface area contributed by atoms with Crippen molar-refractivity contribution in [2.45, 2.75) is 38.8 Å². The van der Waals surface area contributed by atoms with E-state index in [4.69, 9.17) is 4.98 Å². The third kappa shape index (κ3) is 2.75. The number of thiazole rings is 1. The van der Waals surface area contributed by atoms with Gasteiger partial charge in [0.2, 0.25) is 0 Å². The normalized spacial score (nSPS) is 18.0. The monoisotopic (exact) mass is 307 g/mol. The molecule has 0 fully saturated rings. The third-order valence-electron chi connectivity index (χ3n) is 3.87. The van der Waals surface area contributed by atoms with Gasteiger partial charge < -0.3 is 10.2 Å². The van der Waals surface area contributed by atoms with Crippen molar-refractivity contribution in [2.75, 3.05) is 18.5 Å². The van der Waals surface area contributed by atoms with Gasteiger partial charge in [0.1, 0.15) is 0 Å². The minimum atomic E-state index is 0.448. The Balaban J connectivity index is 1.83. The van der Waals surface area contributed by atoms with Crippen LogP contribution in [0.5, 0.6) is 0 Å². The molecule has 0 saturated heterocycles. The van der Waals surface area contributed by atoms with Crippen molar-refractivity contribution in [3.8, 4) is 0 Å². The first-order valence-corrected chi connectivity index (χ1v) is 8.95. The molecule has 1 N–H and O–H groups in total. The van der Waals surface area contributed by atoms with E-state index in [0.717, 1.165) is 13.1 Å². The number of rotatable bonds is 5. The molecular formula is C15H21N3S2. The van der Waals surface area contributed by atoms with E-state index in [2.05, 4.69) is 34.7 Å². The summed E-state index contributed by atoms with van der Waals surface area (Å²) in [6, 6.07) is 4.78. The van der Waals surface area contributed by atoms with Gasteiger partial charge in [-0.2, -0.15) is 0 Å². The van der Waals surface area contributed by atoms with Gasteiger partial charge in [-0.05, 0) is 44.7 Å². The molecule has 20 heavy (non-hydrogen) atoms. The zero-order valence-electron chi connectivity index (χ0n) is 12.1. The first kappa shape index (κ1) is 14.0. The van der Waals surface area contributed by atoms with Crippen LogP contribution in [0.3, 0.4) is 0 Å². The average molecular weight is 307 g/mol. The summed E-state index contributed by atoms with van der Waals surface area (Å²) in [4.78, 5) is 10.2. The van der Waals surface area contributed by atoms with Crippen LogP contribution in [0.2, 0.25) is 0 Å². The summed E-state index contributed by atoms with van der Waals surface area (Å²) in [5, 5.41) is 6.74. The molecule has 2 aromatic rings. The summed E-state index contributed by atoms with van der Waals surface area (Å²) in [5.41, 5.74) is 1.29. The minimum absolute atomic E-state index is 0.448. The van der Waals surface area contributed by atoms with E-state index in [1.807, 2.05) is 29.7 Å². The van der Waals surface area contributed by atoms with Crippen LogP contribution >= 0.6 is 22.7 Å². The quantitative estimate of drug-likeness (QED) is 0.910. The van der Waals surface area contributed by atoms with Crippen molar-refractivity contribution in [3.63, 3.8) is 0 Å². The van der Waals surface area contributed by atoms with Crippen LogP contribution in [0.15, 0.2) is 17.5 Å². The van der Waals surface area contributed by atoms with Gasteiger partial charge in [-0.15, -0.1) is 22.7 Å². The SMILES string of the molecule is CCN(Cc1cccs1)c1nc2c(s1)CCCC2NC. The van der Waals surface area contributed by atoms with Crippen molar-refractivity contribution in [2.24, 2.45) is 0 Å². The number of thiophene rings is 1. The van der Waals surface area contributed by atoms with Crippen molar-refractivity contribution < 1.29 is 0 Å². The standard InChI is InChI=1S/C15H21N3S2/c1-3-18(10-11-6-5-9-19-11)15-17-14-12(16-2)7-4-8-13(14)20-15/h5-6,9,12,16H,3-4,7-8,10H2,1-2H3. The van der Waals surface area contributed by atoms with Gasteiger partial charge in [0.25, 0.3) is 0 Å². The van der Waals surface area contributed by atoms with Crippen molar-refractivity contribution in [3.05, 3.63) is 33.0 Å². The summed E-state index contributed by atoms with van der Waals surface area (Å²) >= 11 is 3.71. The lowest BCUT2D eigenvalue weighted by atomic mass is 9.98. The van der Waals surface area contributed by atoms with Crippen molar-refractivity contribution in [1.82, 2.24) is 10.3 Å². The highest BCUT2D eigenvalue weighted by Crippen LogP contribution is 2.37. The number of aryl methyl sites for hydroxylation is 1. The lowest BCUT2D eigenvalue weighted by Gasteiger charge is -2.20. The molecule has 1 aliphatic rings. The molecule has 0 saturated carbocycles. The van der Waals surface area contributed by atoms with Crippen LogP contribution in [-0.4, -0.2) is 18.6 Å². The zero-order chi connectivity index (χ0) is 13.9. The number of nitrogens with zero attached hydrogens (tertiary/aromatic N) is 2. The number of aromatic nitrogens is 1. The predicted molar refractivity (Wildman–Crippen MR) is 87.9 cm³/mol. The Morgan fingerprint density at radius 3 is 3.10 bits per heavy atom. The largest absolute Gasteiger partial charge is 0.343 e. The van der Waals surface area contributed by atoms with Gasteiger partial charge in [-0.1, -0.05) is 6.07 Å². The fraction of sp³-hybridized carbons (Fsp3) is 0.533. The predicted octanol–water partition coefficient (Wildman–Crippen LogP) is 3.83. The number of hydrogen-bond acceptors (Lipinski definition) is 5. The molecule has 0 radical (unpaired) electrons. The topological polar surface area (TPSA) is 28.2 Å². The summed E-state index contributed by atoms with van der Waals surface area (Å²) in [7, 11) is 2.04. The van der Waals surface area contributed by atoms with E-state index in [1.54, 1.807) is 0 Å². The van der Waals surface area contributed by atoms with Gasteiger partial charge >= 0.3 is 0 Å². The molecule has 2 aromatic heterocycles. The fourth-order valence-electron chi connectivity index (χ4n) is 2.73. The van der Waals surface area contributed by atoms with Crippen molar-refractivity contribution >= 4 is 27.8 Å². The first-order chi connectivity index (χ1) is 9.81. The maximum absolute atomic E-state index is 4.94. The molecule has 1 aliphatic carbocycles. The molecule has 5 heteroatoms. The molecular weight excluding hydrogens is 286 g/mol. The lowest BCUT2D eigenvalue weighted by molar-refractivity contribution is 0.489. The second-order valence-corrected chi connectivity index (χ2v) is 7.23. The number of anilines is 1. The van der Waals surface area contributed by atoms with Crippen LogP contribution in [0.4, 0.5) is 5.13 Å². The molecule has 0 aromatic carbocycles. The van der Waals surface area contributed by atoms with E-state index < -0.39 is 0 Å². The highest BCUT2D eigenvalue weighted by Gasteiger charge is 2.24. The molecule has 0 spiro atoms. The van der Waals surface area contributed by atoms with E-state index in [9.17, 15) is 0 Å². The average Bonchev–Trinajstić information content (AvgIpc) is 3.12. The molecule has 1 atom stereocenters. The summed E-state index contributed by atoms with van der Waals surface area (Å²) in [5.74, 6) is 0. The summed E-state index contributed by atoms with van der Waals surface area (Å²) in [6.07, 6.45) is 3.68. The maximum Gasteiger partial charge on any atom is 0.186 e. The molecule has 3 rings (SSSR count). The van der Waals surface area contributed by atoms with E-state index >= 15 is 0 Å². The van der Waals surface area contributed by atoms with Crippen LogP contribution in [-0.2, 0) is 13.0 Å². The first-order valence-electron chi connectivity index (χ1n) is 7.26. The smallest absolute Gasteiger partial charge is 0.186 e. The fourth-order valence-corrected chi connectivity index (χ4v) is 4.67. The second kappa shape index (κ2) is 6.24. The van der Waals surface area contributed by atoms with Crippen LogP contribution in [0.1, 0.15) is 41.3 Å². The minimum Gasteiger partial charge on any atom is -0.343 e. The Kier molecular flexibility index (Phi) is 4.38. The van der Waals surface area contributed by atoms with Crippen LogP contribution < -0.4 is 10.2 Å². The van der Waals surface area contributed by atoms with E-state index in [0.29, 0.717) is 6.04 Å². The Morgan fingerprint density at radius 2 is 2.40 bits per heavy atom. The molecule has 3 nitrogen and oxygen atoms in total. The van der Waals surface area contributed by atoms with Gasteiger partial charge in [0, 0.05) is 16.3 Å². The maximum atomic E-state index is 4.94. The molecule has 0 amide bonds. The highest BCUT2D eigenvalue weighted by molar-refractivity contribution is 7.15.